The van der Waals surface area contributed by atoms with Crippen LogP contribution in [0.25, 0.3) is 11.1 Å². The van der Waals surface area contributed by atoms with Crippen molar-refractivity contribution in [2.24, 2.45) is 17.1 Å². The number of nitrogens with zero attached hydrogens (tertiary/aromatic N) is 3. The van der Waals surface area contributed by atoms with Gasteiger partial charge in [0.1, 0.15) is 11.6 Å². The van der Waals surface area contributed by atoms with Crippen LogP contribution in [0.5, 0.6) is 0 Å². The van der Waals surface area contributed by atoms with E-state index in [1.807, 2.05) is 78.8 Å². The summed E-state index contributed by atoms with van der Waals surface area (Å²) >= 11 is 0. The maximum absolute atomic E-state index is 13.9. The van der Waals surface area contributed by atoms with Crippen molar-refractivity contribution in [2.75, 3.05) is 18.4 Å². The van der Waals surface area contributed by atoms with Gasteiger partial charge >= 0.3 is 0 Å². The van der Waals surface area contributed by atoms with Gasteiger partial charge in [0.15, 0.2) is 5.82 Å². The third kappa shape index (κ3) is 13.0. The SMILES string of the molecule is CC(C)(C)CC(=O)NC(C)(C)C(N)=O.CC1CCN(C(=O)C(c2ccc(-c3ccccc3)cc2)n2cnc(NC(=O)CCCCc3ccccc3)c2)CC1. The van der Waals surface area contributed by atoms with Gasteiger partial charge in [0.05, 0.1) is 6.33 Å². The normalized spacial score (nSPS) is 14.0. The van der Waals surface area contributed by atoms with E-state index in [9.17, 15) is 19.2 Å². The second kappa shape index (κ2) is 19.2. The van der Waals surface area contributed by atoms with E-state index in [4.69, 9.17) is 5.73 Å². The van der Waals surface area contributed by atoms with E-state index >= 15 is 0 Å². The zero-order chi connectivity index (χ0) is 39.3. The molecule has 0 radical (unpaired) electrons. The molecule has 1 aromatic heterocycles. The van der Waals surface area contributed by atoms with Crippen molar-refractivity contribution in [1.82, 2.24) is 19.8 Å². The molecule has 4 amide bonds. The van der Waals surface area contributed by atoms with Crippen molar-refractivity contribution >= 4 is 29.4 Å². The predicted molar refractivity (Wildman–Crippen MR) is 215 cm³/mol. The first-order valence-corrected chi connectivity index (χ1v) is 19.0. The number of likely N-dealkylation sites (tertiary alicyclic amines) is 1. The topological polar surface area (TPSA) is 139 Å². The van der Waals surface area contributed by atoms with Crippen LogP contribution in [0.4, 0.5) is 5.82 Å². The largest absolute Gasteiger partial charge is 0.368 e. The molecule has 3 aromatic carbocycles. The summed E-state index contributed by atoms with van der Waals surface area (Å²) in [5, 5.41) is 5.53. The van der Waals surface area contributed by atoms with Gasteiger partial charge in [-0.2, -0.15) is 0 Å². The Kier molecular flexibility index (Phi) is 14.7. The molecule has 288 valence electrons. The molecule has 0 bridgehead atoms. The minimum absolute atomic E-state index is 0.0570. The highest BCUT2D eigenvalue weighted by Gasteiger charge is 2.31. The van der Waals surface area contributed by atoms with Crippen LogP contribution in [-0.4, -0.2) is 56.7 Å². The number of rotatable bonds is 13. The molecule has 5 rings (SSSR count). The van der Waals surface area contributed by atoms with Gasteiger partial charge < -0.3 is 25.8 Å². The number of aryl methyl sites for hydroxylation is 1. The third-order valence-corrected chi connectivity index (χ3v) is 9.55. The molecule has 1 unspecified atom stereocenters. The average Bonchev–Trinajstić information content (AvgIpc) is 3.58. The molecule has 0 spiro atoms. The van der Waals surface area contributed by atoms with Crippen LogP contribution in [0, 0.1) is 11.3 Å². The monoisotopic (exact) mass is 734 g/mol. The molecule has 10 heteroatoms. The first-order chi connectivity index (χ1) is 25.6. The minimum Gasteiger partial charge on any atom is -0.368 e. The Labute approximate surface area is 320 Å². The van der Waals surface area contributed by atoms with Crippen LogP contribution in [0.1, 0.15) is 97.2 Å². The molecule has 0 aliphatic carbocycles. The highest BCUT2D eigenvalue weighted by atomic mass is 16.2. The van der Waals surface area contributed by atoms with Crippen molar-refractivity contribution < 1.29 is 19.2 Å². The minimum atomic E-state index is -0.970. The number of carbonyl (C=O) groups excluding carboxylic acids is 4. The molecule has 1 aliphatic rings. The lowest BCUT2D eigenvalue weighted by atomic mass is 9.91. The van der Waals surface area contributed by atoms with Gasteiger partial charge in [-0.1, -0.05) is 113 Å². The lowest BCUT2D eigenvalue weighted by molar-refractivity contribution is -0.135. The number of carbonyl (C=O) groups is 4. The molecule has 1 saturated heterocycles. The summed E-state index contributed by atoms with van der Waals surface area (Å²) in [6.45, 7) is 12.8. The molecule has 10 nitrogen and oxygen atoms in total. The number of hydrogen-bond acceptors (Lipinski definition) is 5. The number of imidazole rings is 1. The smallest absolute Gasteiger partial charge is 0.250 e. The number of benzene rings is 3. The highest BCUT2D eigenvalue weighted by molar-refractivity contribution is 5.90. The fraction of sp³-hybridized carbons (Fsp3) is 0.432. The lowest BCUT2D eigenvalue weighted by Crippen LogP contribution is -2.53. The fourth-order valence-electron chi connectivity index (χ4n) is 6.28. The zero-order valence-electron chi connectivity index (χ0n) is 32.8. The van der Waals surface area contributed by atoms with Gasteiger partial charge in [-0.3, -0.25) is 19.2 Å². The van der Waals surface area contributed by atoms with E-state index in [1.165, 1.54) is 5.56 Å². The quantitative estimate of drug-likeness (QED) is 0.122. The van der Waals surface area contributed by atoms with E-state index in [0.717, 1.165) is 61.9 Å². The summed E-state index contributed by atoms with van der Waals surface area (Å²) in [5.41, 5.74) is 8.51. The lowest BCUT2D eigenvalue weighted by Gasteiger charge is -2.33. The molecule has 1 fully saturated rings. The summed E-state index contributed by atoms with van der Waals surface area (Å²) in [5.74, 6) is 0.435. The van der Waals surface area contributed by atoms with E-state index in [2.05, 4.69) is 58.9 Å². The molecule has 54 heavy (non-hydrogen) atoms. The molecular formula is C44H58N6O4. The second-order valence-corrected chi connectivity index (χ2v) is 16.1. The number of amides is 4. The Morgan fingerprint density at radius 1 is 0.815 bits per heavy atom. The Morgan fingerprint density at radius 2 is 1.41 bits per heavy atom. The van der Waals surface area contributed by atoms with Gasteiger partial charge in [0, 0.05) is 32.1 Å². The molecule has 4 N–H and O–H groups in total. The maximum Gasteiger partial charge on any atom is 0.250 e. The Balaban J connectivity index is 0.000000395. The van der Waals surface area contributed by atoms with Crippen molar-refractivity contribution in [3.05, 3.63) is 109 Å². The second-order valence-electron chi connectivity index (χ2n) is 16.1. The van der Waals surface area contributed by atoms with Crippen LogP contribution in [0.3, 0.4) is 0 Å². The van der Waals surface area contributed by atoms with Gasteiger partial charge in [0.2, 0.25) is 23.6 Å². The zero-order valence-corrected chi connectivity index (χ0v) is 32.8. The van der Waals surface area contributed by atoms with Crippen molar-refractivity contribution in [3.8, 4) is 11.1 Å². The van der Waals surface area contributed by atoms with Crippen LogP contribution in [0.15, 0.2) is 97.5 Å². The molecule has 4 aromatic rings. The van der Waals surface area contributed by atoms with Gasteiger partial charge in [-0.25, -0.2) is 4.98 Å². The number of hydrogen-bond donors (Lipinski definition) is 3. The van der Waals surface area contributed by atoms with Crippen molar-refractivity contribution in [1.29, 1.82) is 0 Å². The standard InChI is InChI=1S/C34H38N4O2.C10H20N2O2/c1-26-20-22-37(23-21-26)34(40)33(30-18-16-29(17-19-30)28-13-6-3-7-14-28)38-24-31(35-25-38)36-32(39)15-9-8-12-27-10-4-2-5-11-27;1-9(2,3)6-7(13)12-10(4,5)8(11)14/h2-7,10-11,13-14,16-19,24-26,33H,8-9,12,15,20-23H2,1H3,(H,36,39);6H2,1-5H3,(H2,11,14)(H,12,13). The van der Waals surface area contributed by atoms with Crippen LogP contribution >= 0.6 is 0 Å². The number of piperidine rings is 1. The van der Waals surface area contributed by atoms with Crippen molar-refractivity contribution in [2.45, 2.75) is 98.1 Å². The Hall–Kier alpha value is -5.25. The summed E-state index contributed by atoms with van der Waals surface area (Å²) in [6.07, 6.45) is 9.01. The molecule has 2 heterocycles. The summed E-state index contributed by atoms with van der Waals surface area (Å²) in [7, 11) is 0. The van der Waals surface area contributed by atoms with Crippen LogP contribution in [0.2, 0.25) is 0 Å². The Bertz CT molecular complexity index is 1810. The third-order valence-electron chi connectivity index (χ3n) is 9.55. The van der Waals surface area contributed by atoms with Gasteiger partial charge in [-0.15, -0.1) is 0 Å². The Morgan fingerprint density at radius 3 is 2.00 bits per heavy atom. The maximum atomic E-state index is 13.9. The van der Waals surface area contributed by atoms with Crippen LogP contribution in [-0.2, 0) is 25.6 Å². The van der Waals surface area contributed by atoms with Gasteiger partial charge in [-0.05, 0) is 79.5 Å². The predicted octanol–water partition coefficient (Wildman–Crippen LogP) is 7.55. The number of unbranched alkanes of at least 4 members (excludes halogenated alkanes) is 1. The molecule has 0 saturated carbocycles. The summed E-state index contributed by atoms with van der Waals surface area (Å²) < 4.78 is 1.84. The number of nitrogens with one attached hydrogen (secondary N) is 2. The summed E-state index contributed by atoms with van der Waals surface area (Å²) in [6, 6.07) is 28.2. The van der Waals surface area contributed by atoms with Gasteiger partial charge in [0.25, 0.3) is 0 Å². The molecule has 1 aliphatic heterocycles. The van der Waals surface area contributed by atoms with E-state index in [-0.39, 0.29) is 23.1 Å². The number of aromatic nitrogens is 2. The first-order valence-electron chi connectivity index (χ1n) is 19.0. The number of anilines is 1. The average molecular weight is 735 g/mol. The number of primary amides is 1. The fourth-order valence-corrected chi connectivity index (χ4v) is 6.28. The highest BCUT2D eigenvalue weighted by Crippen LogP contribution is 2.28. The summed E-state index contributed by atoms with van der Waals surface area (Å²) in [4.78, 5) is 55.3. The van der Waals surface area contributed by atoms with E-state index < -0.39 is 17.5 Å². The van der Waals surface area contributed by atoms with E-state index in [0.29, 0.717) is 24.6 Å². The number of nitrogens with two attached hydrogens (primary N) is 1. The first kappa shape index (κ1) is 41.5. The molecule has 1 atom stereocenters. The van der Waals surface area contributed by atoms with E-state index in [1.54, 1.807) is 26.4 Å². The molecular weight excluding hydrogens is 677 g/mol. The van der Waals surface area contributed by atoms with Crippen LogP contribution < -0.4 is 16.4 Å². The van der Waals surface area contributed by atoms with Crippen molar-refractivity contribution in [3.63, 3.8) is 0 Å².